The number of rotatable bonds is 4. The molecule has 1 saturated heterocycles. The van der Waals surface area contributed by atoms with Crippen molar-refractivity contribution in [3.8, 4) is 33.7 Å². The number of hydrogen-bond donors (Lipinski definition) is 2. The summed E-state index contributed by atoms with van der Waals surface area (Å²) in [5.41, 5.74) is 4.54. The Morgan fingerprint density at radius 2 is 1.83 bits per heavy atom. The van der Waals surface area contributed by atoms with Crippen LogP contribution in [-0.2, 0) is 7.05 Å². The Balaban J connectivity index is 1.54. The van der Waals surface area contributed by atoms with Gasteiger partial charge in [0.05, 0.1) is 10.7 Å². The van der Waals surface area contributed by atoms with Gasteiger partial charge in [-0.15, -0.1) is 0 Å². The van der Waals surface area contributed by atoms with Gasteiger partial charge in [-0.25, -0.2) is 9.78 Å². The predicted octanol–water partition coefficient (Wildman–Crippen LogP) is 4.37. The number of anilines is 1. The van der Waals surface area contributed by atoms with Crippen LogP contribution < -0.4 is 15.9 Å². The largest absolute Gasteiger partial charge is 0.507 e. The fraction of sp³-hybridized carbons (Fsp3) is 0.259. The van der Waals surface area contributed by atoms with Gasteiger partial charge in [-0.2, -0.15) is 0 Å². The fourth-order valence-corrected chi connectivity index (χ4v) is 4.91. The fourth-order valence-electron chi connectivity index (χ4n) is 4.64. The summed E-state index contributed by atoms with van der Waals surface area (Å²) in [6.45, 7) is 6.86. The van der Waals surface area contributed by atoms with Crippen LogP contribution in [0, 0.1) is 6.92 Å². The third-order valence-electron chi connectivity index (χ3n) is 6.47. The standard InChI is InChI=1S/C27H28ClN5O2/c1-17-12-21(19-4-5-24(23(28)14-19)33-11-10-31(3)27(33)35)26(34)22(13-17)20-6-7-30-25(15-20)32-9-8-29-18(2)16-32/h4-7,10-15,18,29,34H,8-9,16H2,1-3H3/t18-/m1/s1. The van der Waals surface area contributed by atoms with Crippen LogP contribution in [0.1, 0.15) is 12.5 Å². The molecule has 0 bridgehead atoms. The maximum absolute atomic E-state index is 12.4. The highest BCUT2D eigenvalue weighted by Gasteiger charge is 2.19. The van der Waals surface area contributed by atoms with E-state index in [9.17, 15) is 9.90 Å². The number of hydrogen-bond acceptors (Lipinski definition) is 5. The van der Waals surface area contributed by atoms with Gasteiger partial charge in [0.2, 0.25) is 0 Å². The molecule has 0 radical (unpaired) electrons. The number of pyridine rings is 1. The lowest BCUT2D eigenvalue weighted by Crippen LogP contribution is -2.49. The summed E-state index contributed by atoms with van der Waals surface area (Å²) < 4.78 is 3.00. The molecule has 0 spiro atoms. The van der Waals surface area contributed by atoms with Gasteiger partial charge in [0.15, 0.2) is 0 Å². The van der Waals surface area contributed by atoms with Crippen molar-refractivity contribution in [2.45, 2.75) is 19.9 Å². The second kappa shape index (κ2) is 9.24. The number of aryl methyl sites for hydroxylation is 2. The lowest BCUT2D eigenvalue weighted by molar-refractivity contribution is 0.479. The molecule has 2 N–H and O–H groups in total. The summed E-state index contributed by atoms with van der Waals surface area (Å²) in [5, 5.41) is 15.2. The molecule has 4 aromatic rings. The van der Waals surface area contributed by atoms with Crippen LogP contribution in [0.4, 0.5) is 5.82 Å². The van der Waals surface area contributed by atoms with Crippen LogP contribution in [0.2, 0.25) is 5.02 Å². The van der Waals surface area contributed by atoms with E-state index in [0.29, 0.717) is 22.3 Å². The Kier molecular flexibility index (Phi) is 6.13. The van der Waals surface area contributed by atoms with Crippen molar-refractivity contribution in [1.29, 1.82) is 0 Å². The maximum atomic E-state index is 12.4. The number of phenols is 1. The summed E-state index contributed by atoms with van der Waals surface area (Å²) in [5.74, 6) is 1.08. The maximum Gasteiger partial charge on any atom is 0.332 e. The van der Waals surface area contributed by atoms with Gasteiger partial charge in [-0.05, 0) is 66.9 Å². The molecule has 1 aliphatic heterocycles. The summed E-state index contributed by atoms with van der Waals surface area (Å²) in [7, 11) is 1.70. The summed E-state index contributed by atoms with van der Waals surface area (Å²) in [6, 6.07) is 13.7. The second-order valence-corrected chi connectivity index (χ2v) is 9.55. The first-order valence-electron chi connectivity index (χ1n) is 11.6. The van der Waals surface area contributed by atoms with Gasteiger partial charge in [0, 0.05) is 62.4 Å². The molecule has 7 nitrogen and oxygen atoms in total. The minimum Gasteiger partial charge on any atom is -0.507 e. The smallest absolute Gasteiger partial charge is 0.332 e. The molecule has 1 fully saturated rings. The van der Waals surface area contributed by atoms with Crippen molar-refractivity contribution in [3.63, 3.8) is 0 Å². The van der Waals surface area contributed by atoms with Crippen LogP contribution in [0.25, 0.3) is 27.9 Å². The summed E-state index contributed by atoms with van der Waals surface area (Å²) in [4.78, 5) is 19.2. The minimum atomic E-state index is -0.173. The van der Waals surface area contributed by atoms with E-state index in [2.05, 4.69) is 22.1 Å². The molecule has 0 aliphatic carbocycles. The monoisotopic (exact) mass is 489 g/mol. The highest BCUT2D eigenvalue weighted by atomic mass is 35.5. The van der Waals surface area contributed by atoms with Gasteiger partial charge in [0.25, 0.3) is 0 Å². The molecule has 2 aromatic heterocycles. The van der Waals surface area contributed by atoms with Crippen molar-refractivity contribution < 1.29 is 5.11 Å². The molecule has 35 heavy (non-hydrogen) atoms. The Hall–Kier alpha value is -3.55. The Labute approximate surface area is 209 Å². The number of benzene rings is 2. The molecule has 2 aromatic carbocycles. The Morgan fingerprint density at radius 1 is 1.09 bits per heavy atom. The number of aromatic nitrogens is 3. The van der Waals surface area contributed by atoms with Crippen LogP contribution >= 0.6 is 11.6 Å². The van der Waals surface area contributed by atoms with Crippen molar-refractivity contribution >= 4 is 17.4 Å². The van der Waals surface area contributed by atoms with E-state index in [1.54, 1.807) is 37.8 Å². The van der Waals surface area contributed by atoms with Crippen molar-refractivity contribution in [3.05, 3.63) is 82.1 Å². The number of nitrogens with zero attached hydrogens (tertiary/aromatic N) is 4. The quantitative estimate of drug-likeness (QED) is 0.445. The first-order valence-corrected chi connectivity index (χ1v) is 12.0. The van der Waals surface area contributed by atoms with Crippen LogP contribution in [0.3, 0.4) is 0 Å². The molecule has 1 atom stereocenters. The van der Waals surface area contributed by atoms with E-state index in [4.69, 9.17) is 11.6 Å². The van der Waals surface area contributed by atoms with Gasteiger partial charge in [-0.1, -0.05) is 17.7 Å². The number of aromatic hydroxyl groups is 1. The Bertz CT molecular complexity index is 1460. The third-order valence-corrected chi connectivity index (χ3v) is 6.77. The predicted molar refractivity (Wildman–Crippen MR) is 141 cm³/mol. The molecular formula is C27H28ClN5O2. The molecule has 180 valence electrons. The lowest BCUT2D eigenvalue weighted by Gasteiger charge is -2.33. The second-order valence-electron chi connectivity index (χ2n) is 9.14. The number of imidazole rings is 1. The van der Waals surface area contributed by atoms with Crippen LogP contribution in [0.5, 0.6) is 5.75 Å². The SMILES string of the molecule is Cc1cc(-c2ccnc(N3CCN[C@H](C)C3)c2)c(O)c(-c2ccc(-n3ccn(C)c3=O)c(Cl)c2)c1. The molecular weight excluding hydrogens is 462 g/mol. The average molecular weight is 490 g/mol. The number of nitrogens with one attached hydrogen (secondary N) is 1. The van der Waals surface area contributed by atoms with E-state index in [-0.39, 0.29) is 11.4 Å². The Morgan fingerprint density at radius 3 is 2.49 bits per heavy atom. The zero-order valence-electron chi connectivity index (χ0n) is 20.0. The minimum absolute atomic E-state index is 0.173. The molecule has 8 heteroatoms. The zero-order chi connectivity index (χ0) is 24.7. The highest BCUT2D eigenvalue weighted by molar-refractivity contribution is 6.32. The topological polar surface area (TPSA) is 75.3 Å². The number of halogens is 1. The van der Waals surface area contributed by atoms with E-state index in [1.165, 1.54) is 9.13 Å². The third kappa shape index (κ3) is 4.45. The first-order chi connectivity index (χ1) is 16.8. The van der Waals surface area contributed by atoms with E-state index in [0.717, 1.165) is 47.7 Å². The molecule has 3 heterocycles. The van der Waals surface area contributed by atoms with Crippen molar-refractivity contribution in [2.24, 2.45) is 7.05 Å². The van der Waals surface area contributed by atoms with Crippen LogP contribution in [-0.4, -0.2) is 44.9 Å². The normalized spacial score (nSPS) is 16.0. The van der Waals surface area contributed by atoms with Crippen molar-refractivity contribution in [2.75, 3.05) is 24.5 Å². The van der Waals surface area contributed by atoms with Crippen molar-refractivity contribution in [1.82, 2.24) is 19.4 Å². The van der Waals surface area contributed by atoms with E-state index < -0.39 is 0 Å². The van der Waals surface area contributed by atoms with Gasteiger partial charge in [0.1, 0.15) is 11.6 Å². The zero-order valence-corrected chi connectivity index (χ0v) is 20.8. The molecule has 0 amide bonds. The van der Waals surface area contributed by atoms with Gasteiger partial charge in [-0.3, -0.25) is 4.57 Å². The van der Waals surface area contributed by atoms with Crippen LogP contribution in [0.15, 0.2) is 65.8 Å². The van der Waals surface area contributed by atoms with E-state index >= 15 is 0 Å². The molecule has 1 aliphatic rings. The van der Waals surface area contributed by atoms with Gasteiger partial charge >= 0.3 is 5.69 Å². The number of phenolic OH excluding ortho intramolecular Hbond substituents is 1. The molecule has 5 rings (SSSR count). The first kappa shape index (κ1) is 23.2. The van der Waals surface area contributed by atoms with E-state index in [1.807, 2.05) is 37.3 Å². The average Bonchev–Trinajstić information content (AvgIpc) is 3.18. The molecule has 0 unspecified atom stereocenters. The number of piperazine rings is 1. The summed E-state index contributed by atoms with van der Waals surface area (Å²) in [6.07, 6.45) is 5.17. The lowest BCUT2D eigenvalue weighted by atomic mass is 9.95. The highest BCUT2D eigenvalue weighted by Crippen LogP contribution is 2.41. The summed E-state index contributed by atoms with van der Waals surface area (Å²) >= 11 is 6.59. The molecule has 0 saturated carbocycles. The van der Waals surface area contributed by atoms with Gasteiger partial charge < -0.3 is 19.9 Å².